The number of hydrogen-bond donors (Lipinski definition) is 2. The summed E-state index contributed by atoms with van der Waals surface area (Å²) in [6, 6.07) is 12.5. The largest absolute Gasteiger partial charge is 0.490 e. The van der Waals surface area contributed by atoms with E-state index in [0.29, 0.717) is 5.56 Å². The van der Waals surface area contributed by atoms with E-state index >= 15 is 0 Å². The topological polar surface area (TPSA) is 76.1 Å². The standard InChI is InChI=1S/C24H19ClF6N4O2/c25-17-10-14(6-9-16(17)23(26,27)28)18-11-20(35-22(34-18)33-15-7-8-15)32-12-19(13-4-2-1-3-5-13)37-21(36)24(29,30)31/h1-6,9-11,15,19H,7-8,12H2,(H2,32,33,34,35)/t19-/m0/s1. The average Bonchev–Trinajstić information content (AvgIpc) is 3.64. The van der Waals surface area contributed by atoms with Crippen LogP contribution in [-0.2, 0) is 15.7 Å². The summed E-state index contributed by atoms with van der Waals surface area (Å²) in [5, 5.41) is 5.41. The summed E-state index contributed by atoms with van der Waals surface area (Å²) in [4.78, 5) is 20.2. The summed E-state index contributed by atoms with van der Waals surface area (Å²) >= 11 is 5.86. The van der Waals surface area contributed by atoms with E-state index in [1.54, 1.807) is 18.2 Å². The van der Waals surface area contributed by atoms with Crippen molar-refractivity contribution >= 4 is 29.3 Å². The molecule has 1 aromatic heterocycles. The Morgan fingerprint density at radius 2 is 1.73 bits per heavy atom. The molecule has 4 rings (SSSR count). The highest BCUT2D eigenvalue weighted by molar-refractivity contribution is 6.31. The molecule has 2 aromatic carbocycles. The second-order valence-corrected chi connectivity index (χ2v) is 8.66. The van der Waals surface area contributed by atoms with Crippen molar-refractivity contribution in [2.45, 2.75) is 37.3 Å². The molecule has 37 heavy (non-hydrogen) atoms. The van der Waals surface area contributed by atoms with Gasteiger partial charge in [-0.3, -0.25) is 0 Å². The second kappa shape index (κ2) is 10.4. The first kappa shape index (κ1) is 26.5. The van der Waals surface area contributed by atoms with Gasteiger partial charge in [0.05, 0.1) is 22.8 Å². The summed E-state index contributed by atoms with van der Waals surface area (Å²) in [6.07, 6.45) is -9.36. The Hall–Kier alpha value is -3.54. The van der Waals surface area contributed by atoms with Crippen LogP contribution in [0.2, 0.25) is 5.02 Å². The van der Waals surface area contributed by atoms with Gasteiger partial charge in [0.15, 0.2) is 0 Å². The number of carbonyl (C=O) groups excluding carboxylic acids is 1. The van der Waals surface area contributed by atoms with Crippen LogP contribution in [0.3, 0.4) is 0 Å². The van der Waals surface area contributed by atoms with Crippen molar-refractivity contribution in [3.05, 3.63) is 70.7 Å². The van der Waals surface area contributed by atoms with Crippen LogP contribution in [0.4, 0.5) is 38.1 Å². The first-order chi connectivity index (χ1) is 17.4. The first-order valence-corrected chi connectivity index (χ1v) is 11.4. The number of benzene rings is 2. The average molecular weight is 545 g/mol. The molecule has 0 spiro atoms. The molecule has 3 aromatic rings. The van der Waals surface area contributed by atoms with Gasteiger partial charge < -0.3 is 15.4 Å². The number of nitrogens with zero attached hydrogens (tertiary/aromatic N) is 2. The van der Waals surface area contributed by atoms with Crippen molar-refractivity contribution in [3.8, 4) is 11.3 Å². The van der Waals surface area contributed by atoms with Gasteiger partial charge in [-0.25, -0.2) is 9.78 Å². The molecule has 1 aliphatic carbocycles. The van der Waals surface area contributed by atoms with Crippen molar-refractivity contribution in [1.29, 1.82) is 0 Å². The Labute approximate surface area is 212 Å². The van der Waals surface area contributed by atoms with Crippen LogP contribution in [0.5, 0.6) is 0 Å². The Kier molecular flexibility index (Phi) is 7.49. The van der Waals surface area contributed by atoms with Crippen molar-refractivity contribution in [2.75, 3.05) is 17.2 Å². The summed E-state index contributed by atoms with van der Waals surface area (Å²) < 4.78 is 82.5. The van der Waals surface area contributed by atoms with E-state index in [9.17, 15) is 31.1 Å². The highest BCUT2D eigenvalue weighted by Gasteiger charge is 2.42. The number of alkyl halides is 6. The fourth-order valence-electron chi connectivity index (χ4n) is 3.35. The van der Waals surface area contributed by atoms with Crippen LogP contribution in [0, 0.1) is 0 Å². The maximum Gasteiger partial charge on any atom is 0.490 e. The van der Waals surface area contributed by atoms with Crippen molar-refractivity contribution in [3.63, 3.8) is 0 Å². The number of ether oxygens (including phenoxy) is 1. The molecule has 1 fully saturated rings. The normalized spacial score (nSPS) is 14.7. The third kappa shape index (κ3) is 7.03. The lowest BCUT2D eigenvalue weighted by atomic mass is 10.1. The molecule has 13 heteroatoms. The minimum atomic E-state index is -5.18. The summed E-state index contributed by atoms with van der Waals surface area (Å²) in [6.45, 7) is -0.279. The van der Waals surface area contributed by atoms with Crippen LogP contribution in [-0.4, -0.2) is 34.7 Å². The molecule has 1 aliphatic rings. The molecular weight excluding hydrogens is 526 g/mol. The van der Waals surface area contributed by atoms with E-state index in [-0.39, 0.29) is 35.6 Å². The predicted molar refractivity (Wildman–Crippen MR) is 124 cm³/mol. The van der Waals surface area contributed by atoms with Gasteiger partial charge in [0.1, 0.15) is 11.9 Å². The van der Waals surface area contributed by atoms with Crippen LogP contribution in [0.15, 0.2) is 54.6 Å². The lowest BCUT2D eigenvalue weighted by Crippen LogP contribution is -2.29. The zero-order valence-electron chi connectivity index (χ0n) is 18.8. The molecule has 2 N–H and O–H groups in total. The molecule has 6 nitrogen and oxygen atoms in total. The molecule has 0 saturated heterocycles. The van der Waals surface area contributed by atoms with Crippen molar-refractivity contribution < 1.29 is 35.9 Å². The van der Waals surface area contributed by atoms with Gasteiger partial charge in [0, 0.05) is 17.7 Å². The van der Waals surface area contributed by atoms with E-state index in [1.807, 2.05) is 0 Å². The number of anilines is 2. The smallest absolute Gasteiger partial charge is 0.449 e. The molecule has 0 aliphatic heterocycles. The number of aromatic nitrogens is 2. The molecule has 0 bridgehead atoms. The molecule has 0 unspecified atom stereocenters. The number of rotatable bonds is 8. The van der Waals surface area contributed by atoms with E-state index in [0.717, 1.165) is 25.0 Å². The Morgan fingerprint density at radius 3 is 2.32 bits per heavy atom. The van der Waals surface area contributed by atoms with Crippen LogP contribution in [0.25, 0.3) is 11.3 Å². The molecule has 0 radical (unpaired) electrons. The predicted octanol–water partition coefficient (Wildman–Crippen LogP) is 6.65. The zero-order chi connectivity index (χ0) is 26.8. The van der Waals surface area contributed by atoms with Gasteiger partial charge in [0.2, 0.25) is 5.95 Å². The molecule has 196 valence electrons. The Bertz CT molecular complexity index is 1270. The molecule has 0 amide bonds. The number of hydrogen-bond acceptors (Lipinski definition) is 6. The van der Waals surface area contributed by atoms with Gasteiger partial charge >= 0.3 is 18.3 Å². The van der Waals surface area contributed by atoms with E-state index in [2.05, 4.69) is 20.6 Å². The molecule has 1 heterocycles. The van der Waals surface area contributed by atoms with Crippen molar-refractivity contribution in [1.82, 2.24) is 9.97 Å². The number of carbonyl (C=O) groups is 1. The monoisotopic (exact) mass is 544 g/mol. The molecule has 1 atom stereocenters. The summed E-state index contributed by atoms with van der Waals surface area (Å²) in [5.41, 5.74) is -0.197. The van der Waals surface area contributed by atoms with E-state index in [4.69, 9.17) is 16.3 Å². The third-order valence-corrected chi connectivity index (χ3v) is 5.64. The van der Waals surface area contributed by atoms with Crippen LogP contribution >= 0.6 is 11.6 Å². The van der Waals surface area contributed by atoms with Gasteiger partial charge in [-0.05, 0) is 30.5 Å². The summed E-state index contributed by atoms with van der Waals surface area (Å²) in [5.74, 6) is -2.03. The maximum absolute atomic E-state index is 13.1. The van der Waals surface area contributed by atoms with E-state index in [1.165, 1.54) is 24.3 Å². The number of esters is 1. The minimum absolute atomic E-state index is 0.129. The number of halogens is 7. The lowest BCUT2D eigenvalue weighted by Gasteiger charge is -2.20. The van der Waals surface area contributed by atoms with Gasteiger partial charge in [-0.15, -0.1) is 0 Å². The van der Waals surface area contributed by atoms with E-state index < -0.39 is 35.0 Å². The van der Waals surface area contributed by atoms with Crippen LogP contribution in [0.1, 0.15) is 30.1 Å². The van der Waals surface area contributed by atoms with Gasteiger partial charge in [-0.2, -0.15) is 31.3 Å². The van der Waals surface area contributed by atoms with Crippen LogP contribution < -0.4 is 10.6 Å². The second-order valence-electron chi connectivity index (χ2n) is 8.26. The van der Waals surface area contributed by atoms with Crippen molar-refractivity contribution in [2.24, 2.45) is 0 Å². The van der Waals surface area contributed by atoms with Gasteiger partial charge in [0.25, 0.3) is 0 Å². The van der Waals surface area contributed by atoms with Gasteiger partial charge in [-0.1, -0.05) is 48.0 Å². The maximum atomic E-state index is 13.1. The lowest BCUT2D eigenvalue weighted by molar-refractivity contribution is -0.204. The number of nitrogens with one attached hydrogen (secondary N) is 2. The quantitative estimate of drug-likeness (QED) is 0.244. The highest BCUT2D eigenvalue weighted by atomic mass is 35.5. The fraction of sp³-hybridized carbons (Fsp3) is 0.292. The minimum Gasteiger partial charge on any atom is -0.449 e. The Balaban J connectivity index is 1.62. The first-order valence-electron chi connectivity index (χ1n) is 11.0. The fourth-order valence-corrected chi connectivity index (χ4v) is 3.64. The Morgan fingerprint density at radius 1 is 1.03 bits per heavy atom. The summed E-state index contributed by atoms with van der Waals surface area (Å²) in [7, 11) is 0. The zero-order valence-corrected chi connectivity index (χ0v) is 19.6. The SMILES string of the molecule is O=C(O[C@@H](CNc1cc(-c2ccc(C(F)(F)F)c(Cl)c2)nc(NC2CC2)n1)c1ccccc1)C(F)(F)F. The molecular formula is C24H19ClF6N4O2. The highest BCUT2D eigenvalue weighted by Crippen LogP contribution is 2.37. The molecule has 1 saturated carbocycles. The third-order valence-electron chi connectivity index (χ3n) is 5.33.